The first-order valence-corrected chi connectivity index (χ1v) is 10.4. The van der Waals surface area contributed by atoms with Crippen molar-refractivity contribution in [2.24, 2.45) is 11.0 Å². The number of carbonyl (C=O) groups is 1. The maximum absolute atomic E-state index is 14.4. The molecular formula is C24H24FN3O2. The summed E-state index contributed by atoms with van der Waals surface area (Å²) in [6.07, 6.45) is 10.3. The van der Waals surface area contributed by atoms with E-state index in [0.29, 0.717) is 13.0 Å². The van der Waals surface area contributed by atoms with Gasteiger partial charge in [-0.1, -0.05) is 12.2 Å². The van der Waals surface area contributed by atoms with Gasteiger partial charge in [0.25, 0.3) is 0 Å². The first-order valence-electron chi connectivity index (χ1n) is 10.4. The van der Waals surface area contributed by atoms with Crippen LogP contribution in [0.1, 0.15) is 42.9 Å². The van der Waals surface area contributed by atoms with Gasteiger partial charge >= 0.3 is 5.97 Å². The van der Waals surface area contributed by atoms with E-state index in [9.17, 15) is 9.18 Å². The summed E-state index contributed by atoms with van der Waals surface area (Å²) in [4.78, 5) is 14.2. The molecule has 154 valence electrons. The Morgan fingerprint density at radius 2 is 2.23 bits per heavy atom. The first-order chi connectivity index (χ1) is 14.5. The number of rotatable bonds is 3. The van der Waals surface area contributed by atoms with Crippen molar-refractivity contribution >= 4 is 23.3 Å². The van der Waals surface area contributed by atoms with Crippen molar-refractivity contribution in [3.63, 3.8) is 0 Å². The summed E-state index contributed by atoms with van der Waals surface area (Å²) in [7, 11) is 2.03. The van der Waals surface area contributed by atoms with E-state index in [2.05, 4.69) is 27.7 Å². The van der Waals surface area contributed by atoms with Crippen LogP contribution in [0.2, 0.25) is 0 Å². The highest BCUT2D eigenvalue weighted by Crippen LogP contribution is 2.40. The second-order valence-electron chi connectivity index (χ2n) is 8.12. The summed E-state index contributed by atoms with van der Waals surface area (Å²) >= 11 is 0. The largest absolute Gasteiger partial charge is 0.466 e. The van der Waals surface area contributed by atoms with E-state index < -0.39 is 0 Å². The van der Waals surface area contributed by atoms with Gasteiger partial charge < -0.3 is 9.64 Å². The van der Waals surface area contributed by atoms with Crippen LogP contribution >= 0.6 is 0 Å². The number of nitrogens with zero attached hydrogens (tertiary/aromatic N) is 2. The Bertz CT molecular complexity index is 1090. The van der Waals surface area contributed by atoms with E-state index in [1.165, 1.54) is 5.57 Å². The lowest BCUT2D eigenvalue weighted by molar-refractivity contribution is -0.148. The predicted octanol–water partition coefficient (Wildman–Crippen LogP) is 3.99. The highest BCUT2D eigenvalue weighted by atomic mass is 19.1. The fourth-order valence-corrected chi connectivity index (χ4v) is 4.72. The Labute approximate surface area is 175 Å². The van der Waals surface area contributed by atoms with Gasteiger partial charge in [-0.2, -0.15) is 5.10 Å². The number of ether oxygens (including phenoxy) is 1. The average Bonchev–Trinajstić information content (AvgIpc) is 3.07. The monoisotopic (exact) mass is 405 g/mol. The van der Waals surface area contributed by atoms with Crippen molar-refractivity contribution in [1.82, 2.24) is 10.3 Å². The third-order valence-corrected chi connectivity index (χ3v) is 6.14. The second kappa shape index (κ2) is 7.27. The fraction of sp³-hybridized carbons (Fsp3) is 0.333. The van der Waals surface area contributed by atoms with E-state index in [4.69, 9.17) is 4.74 Å². The highest BCUT2D eigenvalue weighted by Gasteiger charge is 2.31. The van der Waals surface area contributed by atoms with E-state index in [1.54, 1.807) is 12.1 Å². The number of hydrogen-bond donors (Lipinski definition) is 1. The third kappa shape index (κ3) is 3.07. The van der Waals surface area contributed by atoms with Crippen molar-refractivity contribution in [2.45, 2.75) is 26.2 Å². The van der Waals surface area contributed by atoms with Gasteiger partial charge in [-0.05, 0) is 66.7 Å². The Hall–Kier alpha value is -3.15. The Morgan fingerprint density at radius 3 is 3.00 bits per heavy atom. The van der Waals surface area contributed by atoms with Crippen molar-refractivity contribution in [3.8, 4) is 0 Å². The van der Waals surface area contributed by atoms with Crippen LogP contribution in [0, 0.1) is 11.7 Å². The summed E-state index contributed by atoms with van der Waals surface area (Å²) in [5, 5.41) is 4.63. The van der Waals surface area contributed by atoms with Crippen LogP contribution in [-0.4, -0.2) is 36.8 Å². The fourth-order valence-electron chi connectivity index (χ4n) is 4.72. The molecule has 2 heterocycles. The van der Waals surface area contributed by atoms with Crippen LogP contribution < -0.4 is 5.43 Å². The highest BCUT2D eigenvalue weighted by molar-refractivity contribution is 6.20. The number of hydrogen-bond acceptors (Lipinski definition) is 5. The maximum Gasteiger partial charge on any atom is 0.309 e. The van der Waals surface area contributed by atoms with Crippen LogP contribution in [0.15, 0.2) is 52.4 Å². The quantitative estimate of drug-likeness (QED) is 0.773. The van der Waals surface area contributed by atoms with Crippen LogP contribution in [0.25, 0.3) is 11.6 Å². The second-order valence-corrected chi connectivity index (χ2v) is 8.12. The Morgan fingerprint density at radius 1 is 1.37 bits per heavy atom. The molecule has 0 spiro atoms. The van der Waals surface area contributed by atoms with Crippen molar-refractivity contribution in [2.75, 3.05) is 20.2 Å². The lowest BCUT2D eigenvalue weighted by Crippen LogP contribution is -2.27. The maximum atomic E-state index is 14.4. The molecule has 1 N–H and O–H groups in total. The number of nitrogens with one attached hydrogen (secondary N) is 1. The van der Waals surface area contributed by atoms with Gasteiger partial charge in [0.05, 0.1) is 23.9 Å². The molecule has 6 heteroatoms. The molecule has 1 aromatic rings. The SMILES string of the molecule is CCOC(=O)C1CC=C(C2=C3NN=C4C=Cc5cc(F)cc(c54)C3=CN(C)C2)CC1. The van der Waals surface area contributed by atoms with Gasteiger partial charge in [-0.15, -0.1) is 0 Å². The summed E-state index contributed by atoms with van der Waals surface area (Å²) in [5.41, 5.74) is 11.0. The van der Waals surface area contributed by atoms with Gasteiger partial charge in [0.15, 0.2) is 0 Å². The molecule has 5 rings (SSSR count). The normalized spacial score (nSPS) is 21.8. The summed E-state index contributed by atoms with van der Waals surface area (Å²) in [5.74, 6) is -0.435. The van der Waals surface area contributed by atoms with E-state index in [0.717, 1.165) is 58.6 Å². The van der Waals surface area contributed by atoms with E-state index in [-0.39, 0.29) is 17.7 Å². The zero-order valence-electron chi connectivity index (χ0n) is 17.2. The minimum absolute atomic E-state index is 0.0736. The van der Waals surface area contributed by atoms with Gasteiger partial charge in [0, 0.05) is 30.9 Å². The molecule has 1 aromatic carbocycles. The van der Waals surface area contributed by atoms with Gasteiger partial charge in [0.2, 0.25) is 0 Å². The molecule has 0 saturated carbocycles. The smallest absolute Gasteiger partial charge is 0.309 e. The topological polar surface area (TPSA) is 53.9 Å². The molecule has 0 saturated heterocycles. The number of carbonyl (C=O) groups excluding carboxylic acids is 1. The molecule has 0 amide bonds. The first kappa shape index (κ1) is 18.9. The predicted molar refractivity (Wildman–Crippen MR) is 115 cm³/mol. The standard InChI is InChI=1S/C24H24FN3O2/c1-3-30-24(29)15-6-4-14(5-7-15)19-12-28(2)13-20-18-11-17(25)10-16-8-9-21(22(16)18)26-27-23(19)20/h4,8-11,13,15,27H,3,5-7,12H2,1-2H3. The van der Waals surface area contributed by atoms with Crippen molar-refractivity contribution < 1.29 is 13.9 Å². The number of fused-ring (bicyclic) bond motifs is 2. The average molecular weight is 405 g/mol. The number of halogens is 1. The van der Waals surface area contributed by atoms with E-state index in [1.807, 2.05) is 26.1 Å². The molecule has 4 aliphatic rings. The van der Waals surface area contributed by atoms with Gasteiger partial charge in [-0.25, -0.2) is 4.39 Å². The number of benzene rings is 1. The number of hydrazone groups is 1. The molecule has 1 atom stereocenters. The minimum atomic E-state index is -0.249. The molecule has 0 fully saturated rings. The molecular weight excluding hydrogens is 381 g/mol. The third-order valence-electron chi connectivity index (χ3n) is 6.14. The van der Waals surface area contributed by atoms with Crippen LogP contribution in [0.5, 0.6) is 0 Å². The van der Waals surface area contributed by atoms with E-state index >= 15 is 0 Å². The lowest BCUT2D eigenvalue weighted by atomic mass is 9.83. The van der Waals surface area contributed by atoms with Crippen LogP contribution in [0.3, 0.4) is 0 Å². The Kier molecular flexibility index (Phi) is 4.57. The number of likely N-dealkylation sites (N-methyl/N-ethyl adjacent to an activating group) is 1. The Balaban J connectivity index is 1.56. The van der Waals surface area contributed by atoms with Crippen molar-refractivity contribution in [1.29, 1.82) is 0 Å². The molecule has 1 unspecified atom stereocenters. The summed E-state index contributed by atoms with van der Waals surface area (Å²) < 4.78 is 19.6. The van der Waals surface area contributed by atoms with Crippen LogP contribution in [-0.2, 0) is 9.53 Å². The van der Waals surface area contributed by atoms with Gasteiger partial charge in [0.1, 0.15) is 5.82 Å². The van der Waals surface area contributed by atoms with Gasteiger partial charge in [-0.3, -0.25) is 10.2 Å². The lowest BCUT2D eigenvalue weighted by Gasteiger charge is -2.31. The molecule has 2 aliphatic carbocycles. The molecule has 30 heavy (non-hydrogen) atoms. The molecule has 0 aromatic heterocycles. The van der Waals surface area contributed by atoms with Crippen molar-refractivity contribution in [3.05, 3.63) is 69.8 Å². The summed E-state index contributed by atoms with van der Waals surface area (Å²) in [6.45, 7) is 2.99. The molecule has 2 aliphatic heterocycles. The zero-order chi connectivity index (χ0) is 20.8. The molecule has 0 radical (unpaired) electrons. The summed E-state index contributed by atoms with van der Waals surface area (Å²) in [6, 6.07) is 3.16. The molecule has 0 bridgehead atoms. The van der Waals surface area contributed by atoms with Crippen LogP contribution in [0.4, 0.5) is 4.39 Å². The molecule has 5 nitrogen and oxygen atoms in total. The minimum Gasteiger partial charge on any atom is -0.466 e. The number of esters is 1. The zero-order valence-corrected chi connectivity index (χ0v) is 17.2. The number of allylic oxidation sites excluding steroid dienone is 3.